The summed E-state index contributed by atoms with van der Waals surface area (Å²) in [5, 5.41) is 2.98. The van der Waals surface area contributed by atoms with E-state index in [2.05, 4.69) is 5.32 Å². The zero-order valence-electron chi connectivity index (χ0n) is 17.5. The van der Waals surface area contributed by atoms with Crippen LogP contribution in [0, 0.1) is 12.8 Å². The van der Waals surface area contributed by atoms with Crippen LogP contribution in [0.2, 0.25) is 0 Å². The lowest BCUT2D eigenvalue weighted by atomic mass is 10.1. The van der Waals surface area contributed by atoms with Crippen LogP contribution in [-0.2, 0) is 27.3 Å². The fraction of sp³-hybridized carbons (Fsp3) is 0.375. The van der Waals surface area contributed by atoms with Gasteiger partial charge in [-0.05, 0) is 48.2 Å². The van der Waals surface area contributed by atoms with Gasteiger partial charge in [-0.1, -0.05) is 31.2 Å². The normalized spacial score (nSPS) is 17.9. The van der Waals surface area contributed by atoms with Crippen LogP contribution in [0.5, 0.6) is 0 Å². The third kappa shape index (κ3) is 3.82. The van der Waals surface area contributed by atoms with Gasteiger partial charge in [0.25, 0.3) is 0 Å². The molecule has 1 fully saturated rings. The molecule has 6 heteroatoms. The molecule has 2 aromatic rings. The molecule has 2 aliphatic rings. The maximum atomic E-state index is 12.7. The van der Waals surface area contributed by atoms with Gasteiger partial charge in [-0.15, -0.1) is 0 Å². The molecule has 1 atom stereocenters. The first-order valence-corrected chi connectivity index (χ1v) is 10.5. The maximum Gasteiger partial charge on any atom is 0.227 e. The lowest BCUT2D eigenvalue weighted by Crippen LogP contribution is -2.32. The number of fused-ring (bicyclic) bond motifs is 1. The molecule has 1 N–H and O–H groups in total. The maximum absolute atomic E-state index is 12.7. The largest absolute Gasteiger partial charge is 0.352 e. The molecule has 3 amide bonds. The number of rotatable bonds is 5. The minimum absolute atomic E-state index is 0.0366. The molecule has 0 saturated carbocycles. The second-order valence-corrected chi connectivity index (χ2v) is 8.01. The number of nitrogens with zero attached hydrogens (tertiary/aromatic N) is 2. The first-order chi connectivity index (χ1) is 14.5. The fourth-order valence-corrected chi connectivity index (χ4v) is 4.27. The molecule has 2 aromatic carbocycles. The van der Waals surface area contributed by atoms with Gasteiger partial charge in [0.1, 0.15) is 0 Å². The monoisotopic (exact) mass is 405 g/mol. The fourth-order valence-electron chi connectivity index (χ4n) is 4.27. The number of hydrogen-bond donors (Lipinski definition) is 1. The topological polar surface area (TPSA) is 69.7 Å². The van der Waals surface area contributed by atoms with Gasteiger partial charge >= 0.3 is 0 Å². The van der Waals surface area contributed by atoms with Gasteiger partial charge in [-0.2, -0.15) is 0 Å². The summed E-state index contributed by atoms with van der Waals surface area (Å²) in [7, 11) is 0. The highest BCUT2D eigenvalue weighted by atomic mass is 16.2. The van der Waals surface area contributed by atoms with Gasteiger partial charge in [-0.3, -0.25) is 14.4 Å². The minimum Gasteiger partial charge on any atom is -0.352 e. The van der Waals surface area contributed by atoms with Crippen molar-refractivity contribution in [2.75, 3.05) is 22.9 Å². The van der Waals surface area contributed by atoms with E-state index in [9.17, 15) is 14.4 Å². The molecule has 0 spiro atoms. The predicted octanol–water partition coefficient (Wildman–Crippen LogP) is 2.96. The van der Waals surface area contributed by atoms with Gasteiger partial charge in [0, 0.05) is 43.9 Å². The summed E-state index contributed by atoms with van der Waals surface area (Å²) in [6.07, 6.45) is 1.49. The standard InChI is InChI=1S/C24H27N3O3/c1-3-22(28)26-11-10-17-12-20(8-9-21(17)26)27-15-19(13-23(27)29)24(30)25-14-18-7-5-4-6-16(18)2/h4-9,12,19H,3,10-11,13-15H2,1-2H3,(H,25,30)/t19-/m0/s1. The number of anilines is 2. The van der Waals surface area contributed by atoms with E-state index in [0.29, 0.717) is 26.1 Å². The first kappa shape index (κ1) is 20.1. The Hall–Kier alpha value is -3.15. The van der Waals surface area contributed by atoms with Gasteiger partial charge in [0.2, 0.25) is 17.7 Å². The van der Waals surface area contributed by atoms with Crippen molar-refractivity contribution in [3.63, 3.8) is 0 Å². The smallest absolute Gasteiger partial charge is 0.227 e. The molecule has 30 heavy (non-hydrogen) atoms. The summed E-state index contributed by atoms with van der Waals surface area (Å²) in [5.41, 5.74) is 5.03. The molecule has 2 heterocycles. The second-order valence-electron chi connectivity index (χ2n) is 8.01. The zero-order chi connectivity index (χ0) is 21.3. The molecule has 6 nitrogen and oxygen atoms in total. The Labute approximate surface area is 176 Å². The Morgan fingerprint density at radius 1 is 1.17 bits per heavy atom. The van der Waals surface area contributed by atoms with Crippen LogP contribution < -0.4 is 15.1 Å². The van der Waals surface area contributed by atoms with Crippen LogP contribution in [0.4, 0.5) is 11.4 Å². The number of benzene rings is 2. The van der Waals surface area contributed by atoms with Crippen LogP contribution in [-0.4, -0.2) is 30.8 Å². The second kappa shape index (κ2) is 8.30. The van der Waals surface area contributed by atoms with E-state index < -0.39 is 0 Å². The molecule has 0 aromatic heterocycles. The average molecular weight is 405 g/mol. The number of carbonyl (C=O) groups is 3. The summed E-state index contributed by atoms with van der Waals surface area (Å²) >= 11 is 0. The number of amides is 3. The van der Waals surface area contributed by atoms with E-state index in [-0.39, 0.29) is 30.1 Å². The van der Waals surface area contributed by atoms with Crippen LogP contribution >= 0.6 is 0 Å². The quantitative estimate of drug-likeness (QED) is 0.832. The first-order valence-electron chi connectivity index (χ1n) is 10.5. The van der Waals surface area contributed by atoms with Crippen molar-refractivity contribution in [1.29, 1.82) is 0 Å². The molecule has 1 saturated heterocycles. The number of carbonyl (C=O) groups excluding carboxylic acids is 3. The Balaban J connectivity index is 1.42. The predicted molar refractivity (Wildman–Crippen MR) is 116 cm³/mol. The summed E-state index contributed by atoms with van der Waals surface area (Å²) in [4.78, 5) is 40.9. The van der Waals surface area contributed by atoms with E-state index >= 15 is 0 Å². The van der Waals surface area contributed by atoms with Crippen molar-refractivity contribution >= 4 is 29.1 Å². The Morgan fingerprint density at radius 3 is 2.73 bits per heavy atom. The molecule has 2 aliphatic heterocycles. The number of hydrogen-bond acceptors (Lipinski definition) is 3. The lowest BCUT2D eigenvalue weighted by Gasteiger charge is -2.20. The lowest BCUT2D eigenvalue weighted by molar-refractivity contribution is -0.126. The SMILES string of the molecule is CCC(=O)N1CCc2cc(N3C[C@@H](C(=O)NCc4ccccc4C)CC3=O)ccc21. The molecule has 156 valence electrons. The molecule has 0 bridgehead atoms. The van der Waals surface area contributed by atoms with Crippen molar-refractivity contribution in [1.82, 2.24) is 5.32 Å². The summed E-state index contributed by atoms with van der Waals surface area (Å²) in [6.45, 7) is 5.42. The minimum atomic E-state index is -0.354. The highest BCUT2D eigenvalue weighted by molar-refractivity contribution is 6.01. The third-order valence-corrected chi connectivity index (χ3v) is 6.08. The van der Waals surface area contributed by atoms with Crippen molar-refractivity contribution in [3.05, 3.63) is 59.2 Å². The summed E-state index contributed by atoms with van der Waals surface area (Å²) in [6, 6.07) is 13.7. The molecule has 0 radical (unpaired) electrons. The van der Waals surface area contributed by atoms with E-state index in [1.54, 1.807) is 4.90 Å². The Kier molecular flexibility index (Phi) is 5.57. The van der Waals surface area contributed by atoms with Crippen molar-refractivity contribution in [2.45, 2.75) is 39.7 Å². The molecule has 0 aliphatic carbocycles. The molecular formula is C24H27N3O3. The van der Waals surface area contributed by atoms with Crippen molar-refractivity contribution in [2.24, 2.45) is 5.92 Å². The van der Waals surface area contributed by atoms with Gasteiger partial charge < -0.3 is 15.1 Å². The van der Waals surface area contributed by atoms with E-state index in [4.69, 9.17) is 0 Å². The van der Waals surface area contributed by atoms with E-state index in [1.165, 1.54) is 0 Å². The molecule has 0 unspecified atom stereocenters. The zero-order valence-corrected chi connectivity index (χ0v) is 17.5. The summed E-state index contributed by atoms with van der Waals surface area (Å²) < 4.78 is 0. The van der Waals surface area contributed by atoms with Crippen LogP contribution in [0.25, 0.3) is 0 Å². The molecule has 4 rings (SSSR count). The summed E-state index contributed by atoms with van der Waals surface area (Å²) in [5.74, 6) is -0.363. The average Bonchev–Trinajstić information content (AvgIpc) is 3.35. The number of nitrogens with one attached hydrogen (secondary N) is 1. The van der Waals surface area contributed by atoms with E-state index in [1.807, 2.05) is 61.2 Å². The van der Waals surface area contributed by atoms with E-state index in [0.717, 1.165) is 34.5 Å². The highest BCUT2D eigenvalue weighted by Crippen LogP contribution is 2.34. The van der Waals surface area contributed by atoms with Gasteiger partial charge in [0.05, 0.1) is 5.92 Å². The number of aryl methyl sites for hydroxylation is 1. The highest BCUT2D eigenvalue weighted by Gasteiger charge is 2.35. The van der Waals surface area contributed by atoms with Crippen LogP contribution in [0.1, 0.15) is 36.5 Å². The Morgan fingerprint density at radius 2 is 1.97 bits per heavy atom. The van der Waals surface area contributed by atoms with Gasteiger partial charge in [-0.25, -0.2) is 0 Å². The van der Waals surface area contributed by atoms with Crippen LogP contribution in [0.15, 0.2) is 42.5 Å². The third-order valence-electron chi connectivity index (χ3n) is 6.08. The van der Waals surface area contributed by atoms with Crippen molar-refractivity contribution in [3.8, 4) is 0 Å². The Bertz CT molecular complexity index is 1000. The molecular weight excluding hydrogens is 378 g/mol. The van der Waals surface area contributed by atoms with Gasteiger partial charge in [0.15, 0.2) is 0 Å². The van der Waals surface area contributed by atoms with Crippen molar-refractivity contribution < 1.29 is 14.4 Å². The van der Waals surface area contributed by atoms with Crippen LogP contribution in [0.3, 0.4) is 0 Å².